The molecule has 2 atom stereocenters. The number of thioether (sulfide) groups is 1. The van der Waals surface area contributed by atoms with Gasteiger partial charge >= 0.3 is 0 Å². The second-order valence-corrected chi connectivity index (χ2v) is 6.75. The normalized spacial score (nSPS) is 26.3. The fourth-order valence-corrected chi connectivity index (χ4v) is 4.53. The molecule has 5 nitrogen and oxygen atoms in total. The maximum atomic E-state index is 11.4. The molecule has 4 rings (SSSR count). The Kier molecular flexibility index (Phi) is 3.14. The van der Waals surface area contributed by atoms with E-state index in [1.807, 2.05) is 6.07 Å². The predicted molar refractivity (Wildman–Crippen MR) is 87.5 cm³/mol. The molecule has 3 N–H and O–H groups in total. The van der Waals surface area contributed by atoms with E-state index >= 15 is 0 Å². The molecule has 3 aliphatic rings. The number of rotatable bonds is 2. The molecule has 0 saturated heterocycles. The number of fused-ring (bicyclic) bond motifs is 3. The Hall–Kier alpha value is -1.95. The minimum absolute atomic E-state index is 0.0756. The van der Waals surface area contributed by atoms with Crippen molar-refractivity contribution in [3.63, 3.8) is 0 Å². The number of phenols is 1. The second-order valence-electron chi connectivity index (χ2n) is 5.92. The smallest absolute Gasteiger partial charge is 0.252 e. The topological polar surface area (TPSA) is 78.9 Å². The van der Waals surface area contributed by atoms with Gasteiger partial charge in [-0.25, -0.2) is 0 Å². The minimum Gasteiger partial charge on any atom is -0.507 e. The Balaban J connectivity index is 1.70. The van der Waals surface area contributed by atoms with E-state index in [4.69, 9.17) is 10.7 Å². The largest absolute Gasteiger partial charge is 0.507 e. The van der Waals surface area contributed by atoms with Gasteiger partial charge in [-0.15, -0.1) is 0 Å². The molecule has 1 fully saturated rings. The van der Waals surface area contributed by atoms with Gasteiger partial charge in [0.1, 0.15) is 5.75 Å². The molecular formula is C16H17N3O2S. The zero-order valence-electron chi connectivity index (χ0n) is 12.0. The molecule has 0 radical (unpaired) electrons. The van der Waals surface area contributed by atoms with Gasteiger partial charge in [0, 0.05) is 5.41 Å². The van der Waals surface area contributed by atoms with Crippen LogP contribution in [0.5, 0.6) is 5.75 Å². The van der Waals surface area contributed by atoms with Crippen LogP contribution in [0.3, 0.4) is 0 Å². The fourth-order valence-electron chi connectivity index (χ4n) is 3.52. The lowest BCUT2D eigenvalue weighted by molar-refractivity contribution is 0.0997. The summed E-state index contributed by atoms with van der Waals surface area (Å²) in [4.78, 5) is 18.6. The van der Waals surface area contributed by atoms with Gasteiger partial charge in [0.15, 0.2) is 5.17 Å². The molecule has 0 spiro atoms. The molecule has 0 bridgehead atoms. The lowest BCUT2D eigenvalue weighted by atomic mass is 9.90. The quantitative estimate of drug-likeness (QED) is 0.879. The lowest BCUT2D eigenvalue weighted by Crippen LogP contribution is -2.38. The first-order valence-electron chi connectivity index (χ1n) is 7.52. The third-order valence-corrected chi connectivity index (χ3v) is 5.46. The van der Waals surface area contributed by atoms with Gasteiger partial charge in [0.05, 0.1) is 23.3 Å². The van der Waals surface area contributed by atoms with Gasteiger partial charge in [0.2, 0.25) is 0 Å². The van der Waals surface area contributed by atoms with Crippen molar-refractivity contribution in [2.75, 3.05) is 0 Å². The highest BCUT2D eigenvalue weighted by Crippen LogP contribution is 2.44. The maximum Gasteiger partial charge on any atom is 0.252 e. The van der Waals surface area contributed by atoms with E-state index in [9.17, 15) is 9.90 Å². The van der Waals surface area contributed by atoms with Crippen molar-refractivity contribution in [1.29, 1.82) is 0 Å². The SMILES string of the molecule is NC(=O)c1cc(C2=CSC3=N[C@@H]4CCCC[C@@H]4N23)ccc1O. The van der Waals surface area contributed by atoms with Crippen LogP contribution < -0.4 is 5.73 Å². The van der Waals surface area contributed by atoms with Crippen LogP contribution in [-0.4, -0.2) is 33.2 Å². The van der Waals surface area contributed by atoms with Crippen molar-refractivity contribution in [1.82, 2.24) is 4.90 Å². The van der Waals surface area contributed by atoms with Crippen molar-refractivity contribution >= 4 is 28.5 Å². The summed E-state index contributed by atoms with van der Waals surface area (Å²) in [5.74, 6) is -0.690. The highest BCUT2D eigenvalue weighted by Gasteiger charge is 2.42. The van der Waals surface area contributed by atoms with Gasteiger partial charge in [-0.1, -0.05) is 24.6 Å². The molecule has 2 aliphatic heterocycles. The molecule has 1 aliphatic carbocycles. The predicted octanol–water partition coefficient (Wildman–Crippen LogP) is 2.52. The number of primary amides is 1. The van der Waals surface area contributed by atoms with Gasteiger partial charge in [0.25, 0.3) is 5.91 Å². The first-order valence-corrected chi connectivity index (χ1v) is 8.40. The number of nitrogens with zero attached hydrogens (tertiary/aromatic N) is 2. The number of benzene rings is 1. The van der Waals surface area contributed by atoms with E-state index < -0.39 is 5.91 Å². The molecule has 22 heavy (non-hydrogen) atoms. The lowest BCUT2D eigenvalue weighted by Gasteiger charge is -2.32. The Morgan fingerprint density at radius 2 is 2.18 bits per heavy atom. The fraction of sp³-hybridized carbons (Fsp3) is 0.375. The summed E-state index contributed by atoms with van der Waals surface area (Å²) >= 11 is 1.64. The number of carbonyl (C=O) groups is 1. The van der Waals surface area contributed by atoms with Crippen LogP contribution in [0.4, 0.5) is 0 Å². The third kappa shape index (κ3) is 2.01. The van der Waals surface area contributed by atoms with Gasteiger partial charge in [-0.3, -0.25) is 9.79 Å². The zero-order chi connectivity index (χ0) is 15.3. The summed E-state index contributed by atoms with van der Waals surface area (Å²) in [6, 6.07) is 5.85. The van der Waals surface area contributed by atoms with Crippen LogP contribution in [0.2, 0.25) is 0 Å². The molecule has 0 aromatic heterocycles. The Morgan fingerprint density at radius 1 is 1.36 bits per heavy atom. The number of aliphatic imine (C=N–C) groups is 1. The van der Waals surface area contributed by atoms with Crippen LogP contribution in [-0.2, 0) is 0 Å². The van der Waals surface area contributed by atoms with Crippen molar-refractivity contribution < 1.29 is 9.90 Å². The van der Waals surface area contributed by atoms with Crippen LogP contribution in [0.25, 0.3) is 5.70 Å². The third-order valence-electron chi connectivity index (χ3n) is 4.60. The van der Waals surface area contributed by atoms with Gasteiger partial charge in [-0.05, 0) is 36.6 Å². The monoisotopic (exact) mass is 315 g/mol. The second kappa shape index (κ2) is 5.05. The summed E-state index contributed by atoms with van der Waals surface area (Å²) in [6.07, 6.45) is 4.79. The van der Waals surface area contributed by atoms with E-state index in [2.05, 4.69) is 10.3 Å². The number of amides is 1. The average Bonchev–Trinajstić information content (AvgIpc) is 3.06. The number of amidine groups is 1. The Morgan fingerprint density at radius 3 is 3.00 bits per heavy atom. The Bertz CT molecular complexity index is 713. The van der Waals surface area contributed by atoms with Crippen molar-refractivity contribution in [2.45, 2.75) is 37.8 Å². The number of carbonyl (C=O) groups excluding carboxylic acids is 1. The van der Waals surface area contributed by atoms with Crippen LogP contribution in [0.15, 0.2) is 28.6 Å². The van der Waals surface area contributed by atoms with E-state index in [1.165, 1.54) is 18.9 Å². The van der Waals surface area contributed by atoms with E-state index in [1.54, 1.807) is 17.8 Å². The molecule has 1 saturated carbocycles. The highest BCUT2D eigenvalue weighted by molar-refractivity contribution is 8.16. The molecular weight excluding hydrogens is 298 g/mol. The number of hydrogen-bond donors (Lipinski definition) is 2. The minimum atomic E-state index is -0.614. The van der Waals surface area contributed by atoms with Crippen LogP contribution in [0, 0.1) is 0 Å². The summed E-state index contributed by atoms with van der Waals surface area (Å²) in [6.45, 7) is 0. The van der Waals surface area contributed by atoms with E-state index in [0.717, 1.165) is 29.3 Å². The molecule has 0 unspecified atom stereocenters. The maximum absolute atomic E-state index is 11.4. The van der Waals surface area contributed by atoms with Gasteiger partial charge < -0.3 is 15.7 Å². The highest BCUT2D eigenvalue weighted by atomic mass is 32.2. The summed E-state index contributed by atoms with van der Waals surface area (Å²) in [5, 5.41) is 12.9. The standard InChI is InChI=1S/C16H17N3O2S/c17-15(21)10-7-9(5-6-14(10)20)13-8-22-16-18-11-3-1-2-4-12(11)19(13)16/h5-8,11-12,20H,1-4H2,(H2,17,21)/t11-,12+/m1/s1. The Labute approximate surface area is 132 Å². The molecule has 114 valence electrons. The van der Waals surface area contributed by atoms with Crippen molar-refractivity contribution in [2.24, 2.45) is 10.7 Å². The summed E-state index contributed by atoms with van der Waals surface area (Å²) in [5.41, 5.74) is 7.45. The number of aromatic hydroxyl groups is 1. The summed E-state index contributed by atoms with van der Waals surface area (Å²) < 4.78 is 0. The first kappa shape index (κ1) is 13.7. The molecule has 1 aromatic rings. The first-order chi connectivity index (χ1) is 10.6. The zero-order valence-corrected chi connectivity index (χ0v) is 12.8. The summed E-state index contributed by atoms with van der Waals surface area (Å²) in [7, 11) is 0. The van der Waals surface area contributed by atoms with Crippen LogP contribution >= 0.6 is 11.8 Å². The average molecular weight is 315 g/mol. The van der Waals surface area contributed by atoms with Crippen molar-refractivity contribution in [3.05, 3.63) is 34.7 Å². The molecule has 2 heterocycles. The van der Waals surface area contributed by atoms with E-state index in [-0.39, 0.29) is 11.3 Å². The van der Waals surface area contributed by atoms with Gasteiger partial charge in [-0.2, -0.15) is 0 Å². The number of hydrogen-bond acceptors (Lipinski definition) is 5. The molecule has 6 heteroatoms. The van der Waals surface area contributed by atoms with Crippen molar-refractivity contribution in [3.8, 4) is 5.75 Å². The van der Waals surface area contributed by atoms with E-state index in [0.29, 0.717) is 12.1 Å². The molecule has 1 aromatic carbocycles. The number of nitrogens with two attached hydrogens (primary N) is 1. The van der Waals surface area contributed by atoms with Crippen LogP contribution in [0.1, 0.15) is 41.6 Å². The molecule has 1 amide bonds.